The van der Waals surface area contributed by atoms with Crippen molar-refractivity contribution in [2.45, 2.75) is 13.5 Å². The minimum Gasteiger partial charge on any atom is -0.383 e. The fraction of sp³-hybridized carbons (Fsp3) is 0.176. The lowest BCUT2D eigenvalue weighted by atomic mass is 10.2. The highest BCUT2D eigenvalue weighted by molar-refractivity contribution is 5.76. The van der Waals surface area contributed by atoms with Gasteiger partial charge in [0.2, 0.25) is 0 Å². The number of para-hydroxylation sites is 1. The van der Waals surface area contributed by atoms with Gasteiger partial charge in [-0.1, -0.05) is 29.8 Å². The number of anilines is 1. The molecule has 0 spiro atoms. The highest BCUT2D eigenvalue weighted by Crippen LogP contribution is 2.08. The Labute approximate surface area is 123 Å². The van der Waals surface area contributed by atoms with Gasteiger partial charge in [-0.25, -0.2) is 4.98 Å². The number of aromatic nitrogens is 2. The monoisotopic (exact) mass is 279 g/mol. The Balaban J connectivity index is 1.72. The molecular weight excluding hydrogens is 262 g/mol. The highest BCUT2D eigenvalue weighted by Gasteiger charge is 2.02. The Morgan fingerprint density at radius 3 is 2.67 bits per heavy atom. The Morgan fingerprint density at radius 1 is 1.10 bits per heavy atom. The molecular formula is C17H17N3O. The molecule has 0 saturated heterocycles. The SMILES string of the molecule is Cc1ccc(NCCn2cnc3ccccc3c2=O)cc1. The highest BCUT2D eigenvalue weighted by atomic mass is 16.1. The molecule has 0 fully saturated rings. The molecule has 1 N–H and O–H groups in total. The van der Waals surface area contributed by atoms with Crippen molar-refractivity contribution in [3.05, 3.63) is 70.8 Å². The molecule has 3 aromatic rings. The van der Waals surface area contributed by atoms with Crippen molar-refractivity contribution < 1.29 is 0 Å². The van der Waals surface area contributed by atoms with Crippen molar-refractivity contribution in [2.24, 2.45) is 0 Å². The zero-order valence-corrected chi connectivity index (χ0v) is 11.9. The van der Waals surface area contributed by atoms with Gasteiger partial charge in [-0.05, 0) is 31.2 Å². The van der Waals surface area contributed by atoms with Crippen LogP contribution in [0.25, 0.3) is 10.9 Å². The van der Waals surface area contributed by atoms with Crippen LogP contribution >= 0.6 is 0 Å². The van der Waals surface area contributed by atoms with Gasteiger partial charge in [0.25, 0.3) is 5.56 Å². The minimum absolute atomic E-state index is 0.00584. The van der Waals surface area contributed by atoms with E-state index in [2.05, 4.69) is 29.4 Å². The van der Waals surface area contributed by atoms with E-state index in [4.69, 9.17) is 0 Å². The maximum atomic E-state index is 12.3. The maximum Gasteiger partial charge on any atom is 0.261 e. The number of fused-ring (bicyclic) bond motifs is 1. The van der Waals surface area contributed by atoms with E-state index in [-0.39, 0.29) is 5.56 Å². The van der Waals surface area contributed by atoms with Crippen LogP contribution in [-0.4, -0.2) is 16.1 Å². The number of benzene rings is 2. The summed E-state index contributed by atoms with van der Waals surface area (Å²) in [6, 6.07) is 15.6. The summed E-state index contributed by atoms with van der Waals surface area (Å²) in [6.07, 6.45) is 1.61. The van der Waals surface area contributed by atoms with Crippen LogP contribution in [-0.2, 0) is 6.54 Å². The van der Waals surface area contributed by atoms with Gasteiger partial charge in [0.05, 0.1) is 17.2 Å². The van der Waals surface area contributed by atoms with Crippen molar-refractivity contribution in [3.8, 4) is 0 Å². The minimum atomic E-state index is 0.00584. The Bertz CT molecular complexity index is 806. The molecule has 0 saturated carbocycles. The fourth-order valence-electron chi connectivity index (χ4n) is 2.26. The fourth-order valence-corrected chi connectivity index (χ4v) is 2.26. The van der Waals surface area contributed by atoms with Gasteiger partial charge in [0, 0.05) is 18.8 Å². The summed E-state index contributed by atoms with van der Waals surface area (Å²) in [5.74, 6) is 0. The van der Waals surface area contributed by atoms with Gasteiger partial charge in [-0.3, -0.25) is 9.36 Å². The van der Waals surface area contributed by atoms with Crippen LogP contribution in [0.15, 0.2) is 59.7 Å². The first-order valence-corrected chi connectivity index (χ1v) is 6.99. The second-order valence-corrected chi connectivity index (χ2v) is 5.05. The Kier molecular flexibility index (Phi) is 3.69. The first kappa shape index (κ1) is 13.4. The van der Waals surface area contributed by atoms with E-state index in [1.807, 2.05) is 36.4 Å². The number of aryl methyl sites for hydroxylation is 1. The van der Waals surface area contributed by atoms with E-state index in [0.29, 0.717) is 18.5 Å². The molecule has 1 heterocycles. The van der Waals surface area contributed by atoms with E-state index in [1.165, 1.54) is 5.56 Å². The zero-order valence-electron chi connectivity index (χ0n) is 11.9. The van der Waals surface area contributed by atoms with Gasteiger partial charge in [-0.15, -0.1) is 0 Å². The summed E-state index contributed by atoms with van der Waals surface area (Å²) in [6.45, 7) is 3.33. The lowest BCUT2D eigenvalue weighted by molar-refractivity contribution is 0.689. The second-order valence-electron chi connectivity index (χ2n) is 5.05. The summed E-state index contributed by atoms with van der Waals surface area (Å²) in [5.41, 5.74) is 3.04. The molecule has 21 heavy (non-hydrogen) atoms. The van der Waals surface area contributed by atoms with Crippen LogP contribution in [0.4, 0.5) is 5.69 Å². The molecule has 3 rings (SSSR count). The predicted molar refractivity (Wildman–Crippen MR) is 85.7 cm³/mol. The Morgan fingerprint density at radius 2 is 1.86 bits per heavy atom. The van der Waals surface area contributed by atoms with Crippen molar-refractivity contribution in [1.29, 1.82) is 0 Å². The van der Waals surface area contributed by atoms with Gasteiger partial charge >= 0.3 is 0 Å². The van der Waals surface area contributed by atoms with Gasteiger partial charge in [-0.2, -0.15) is 0 Å². The third kappa shape index (κ3) is 2.94. The van der Waals surface area contributed by atoms with Gasteiger partial charge in [0.1, 0.15) is 0 Å². The summed E-state index contributed by atoms with van der Waals surface area (Å²) < 4.78 is 1.64. The molecule has 0 aliphatic rings. The molecule has 0 unspecified atom stereocenters. The molecule has 0 aliphatic heterocycles. The first-order chi connectivity index (χ1) is 10.2. The maximum absolute atomic E-state index is 12.3. The number of nitrogens with one attached hydrogen (secondary N) is 1. The Hall–Kier alpha value is -2.62. The quantitative estimate of drug-likeness (QED) is 0.799. The second kappa shape index (κ2) is 5.79. The van der Waals surface area contributed by atoms with Gasteiger partial charge < -0.3 is 5.32 Å². The van der Waals surface area contributed by atoms with E-state index >= 15 is 0 Å². The average molecular weight is 279 g/mol. The van der Waals surface area contributed by atoms with Crippen LogP contribution in [0.3, 0.4) is 0 Å². The first-order valence-electron chi connectivity index (χ1n) is 6.99. The van der Waals surface area contributed by atoms with Crippen molar-refractivity contribution in [1.82, 2.24) is 9.55 Å². The molecule has 0 bridgehead atoms. The molecule has 4 heteroatoms. The number of nitrogens with zero attached hydrogens (tertiary/aromatic N) is 2. The summed E-state index contributed by atoms with van der Waals surface area (Å²) >= 11 is 0. The largest absolute Gasteiger partial charge is 0.383 e. The van der Waals surface area contributed by atoms with Crippen LogP contribution < -0.4 is 10.9 Å². The topological polar surface area (TPSA) is 46.9 Å². The van der Waals surface area contributed by atoms with Gasteiger partial charge in [0.15, 0.2) is 0 Å². The standard InChI is InChI=1S/C17H17N3O/c1-13-6-8-14(9-7-13)18-10-11-20-12-19-16-5-3-2-4-15(16)17(20)21/h2-9,12,18H,10-11H2,1H3. The van der Waals surface area contributed by atoms with E-state index < -0.39 is 0 Å². The molecule has 0 atom stereocenters. The summed E-state index contributed by atoms with van der Waals surface area (Å²) in [4.78, 5) is 16.6. The summed E-state index contributed by atoms with van der Waals surface area (Å²) in [7, 11) is 0. The molecule has 0 radical (unpaired) electrons. The van der Waals surface area contributed by atoms with Crippen molar-refractivity contribution in [2.75, 3.05) is 11.9 Å². The van der Waals surface area contributed by atoms with E-state index in [9.17, 15) is 4.79 Å². The zero-order chi connectivity index (χ0) is 14.7. The molecule has 1 aromatic heterocycles. The number of rotatable bonds is 4. The van der Waals surface area contributed by atoms with Crippen LogP contribution in [0.5, 0.6) is 0 Å². The molecule has 0 aliphatic carbocycles. The molecule has 2 aromatic carbocycles. The predicted octanol–water partition coefficient (Wildman–Crippen LogP) is 2.82. The normalized spacial score (nSPS) is 10.7. The van der Waals surface area contributed by atoms with Crippen LogP contribution in [0, 0.1) is 6.92 Å². The molecule has 0 amide bonds. The lowest BCUT2D eigenvalue weighted by Crippen LogP contribution is -2.24. The third-order valence-electron chi connectivity index (χ3n) is 3.46. The average Bonchev–Trinajstić information content (AvgIpc) is 2.52. The summed E-state index contributed by atoms with van der Waals surface area (Å²) in [5, 5.41) is 3.97. The van der Waals surface area contributed by atoms with Crippen molar-refractivity contribution >= 4 is 16.6 Å². The van der Waals surface area contributed by atoms with E-state index in [0.717, 1.165) is 11.2 Å². The lowest BCUT2D eigenvalue weighted by Gasteiger charge is -2.09. The number of hydrogen-bond donors (Lipinski definition) is 1. The molecule has 106 valence electrons. The van der Waals surface area contributed by atoms with Crippen LogP contribution in [0.2, 0.25) is 0 Å². The smallest absolute Gasteiger partial charge is 0.261 e. The van der Waals surface area contributed by atoms with Crippen molar-refractivity contribution in [3.63, 3.8) is 0 Å². The number of hydrogen-bond acceptors (Lipinski definition) is 3. The van der Waals surface area contributed by atoms with E-state index in [1.54, 1.807) is 10.9 Å². The third-order valence-corrected chi connectivity index (χ3v) is 3.46. The molecule has 4 nitrogen and oxygen atoms in total. The van der Waals surface area contributed by atoms with Crippen LogP contribution in [0.1, 0.15) is 5.56 Å².